The smallest absolute Gasteiger partial charge is 0.319 e. The lowest BCUT2D eigenvalue weighted by Crippen LogP contribution is -2.32. The summed E-state index contributed by atoms with van der Waals surface area (Å²) in [5.41, 5.74) is 1.47. The average Bonchev–Trinajstić information content (AvgIpc) is 2.99. The third-order valence-electron chi connectivity index (χ3n) is 3.43. The van der Waals surface area contributed by atoms with E-state index in [1.807, 2.05) is 29.6 Å². The zero-order chi connectivity index (χ0) is 16.2. The number of aliphatic hydroxyl groups is 1. The van der Waals surface area contributed by atoms with Crippen LogP contribution in [0.25, 0.3) is 10.1 Å². The number of benzene rings is 2. The van der Waals surface area contributed by atoms with Gasteiger partial charge in [-0.15, -0.1) is 11.3 Å². The van der Waals surface area contributed by atoms with Gasteiger partial charge in [0, 0.05) is 27.5 Å². The molecule has 4 nitrogen and oxygen atoms in total. The molecule has 0 aliphatic carbocycles. The first kappa shape index (κ1) is 15.8. The van der Waals surface area contributed by atoms with Crippen LogP contribution < -0.4 is 10.6 Å². The third-order valence-corrected chi connectivity index (χ3v) is 4.66. The van der Waals surface area contributed by atoms with Crippen LogP contribution in [0, 0.1) is 0 Å². The van der Waals surface area contributed by atoms with E-state index in [1.165, 1.54) is 0 Å². The highest BCUT2D eigenvalue weighted by molar-refractivity contribution is 7.17. The minimum Gasteiger partial charge on any atom is -0.387 e. The quantitative estimate of drug-likeness (QED) is 0.655. The maximum absolute atomic E-state index is 11.9. The fraction of sp³-hybridized carbons (Fsp3) is 0.118. The van der Waals surface area contributed by atoms with Gasteiger partial charge < -0.3 is 15.7 Å². The van der Waals surface area contributed by atoms with Crippen molar-refractivity contribution in [3.05, 3.63) is 64.5 Å². The van der Waals surface area contributed by atoms with E-state index in [2.05, 4.69) is 10.6 Å². The molecule has 6 heteroatoms. The van der Waals surface area contributed by atoms with Crippen molar-refractivity contribution in [1.29, 1.82) is 0 Å². The van der Waals surface area contributed by atoms with Crippen molar-refractivity contribution in [2.24, 2.45) is 0 Å². The zero-order valence-corrected chi connectivity index (χ0v) is 13.7. The number of fused-ring (bicyclic) bond motifs is 1. The number of amides is 2. The lowest BCUT2D eigenvalue weighted by molar-refractivity contribution is 0.177. The van der Waals surface area contributed by atoms with Crippen LogP contribution in [0.1, 0.15) is 11.7 Å². The largest absolute Gasteiger partial charge is 0.387 e. The Morgan fingerprint density at radius 3 is 2.70 bits per heavy atom. The molecular formula is C17H15ClN2O2S. The van der Waals surface area contributed by atoms with Gasteiger partial charge in [-0.1, -0.05) is 29.8 Å². The number of anilines is 1. The number of carbonyl (C=O) groups is 1. The lowest BCUT2D eigenvalue weighted by Gasteiger charge is -2.12. The van der Waals surface area contributed by atoms with Gasteiger partial charge in [0.15, 0.2) is 0 Å². The molecule has 1 unspecified atom stereocenters. The second-order valence-electron chi connectivity index (χ2n) is 5.04. The standard InChI is InChI=1S/C17H15ClN2O2S/c18-11-5-7-12(8-6-11)20-17(22)19-9-15(21)14-10-23-16-4-2-1-3-13(14)16/h1-8,10,15,21H,9H2,(H2,19,20,22). The van der Waals surface area contributed by atoms with Crippen molar-refractivity contribution in [1.82, 2.24) is 5.32 Å². The van der Waals surface area contributed by atoms with E-state index in [0.29, 0.717) is 10.7 Å². The van der Waals surface area contributed by atoms with Gasteiger partial charge in [0.2, 0.25) is 0 Å². The van der Waals surface area contributed by atoms with Gasteiger partial charge in [-0.05, 0) is 41.1 Å². The van der Waals surface area contributed by atoms with Gasteiger partial charge in [-0.25, -0.2) is 4.79 Å². The van der Waals surface area contributed by atoms with Gasteiger partial charge in [-0.2, -0.15) is 0 Å². The Bertz CT molecular complexity index is 817. The maximum atomic E-state index is 11.9. The Kier molecular flexibility index (Phi) is 4.81. The van der Waals surface area contributed by atoms with E-state index < -0.39 is 6.10 Å². The first-order valence-corrected chi connectivity index (χ1v) is 8.34. The van der Waals surface area contributed by atoms with Crippen LogP contribution in [0.3, 0.4) is 0 Å². The van der Waals surface area contributed by atoms with Crippen molar-refractivity contribution in [3.8, 4) is 0 Å². The summed E-state index contributed by atoms with van der Waals surface area (Å²) in [7, 11) is 0. The molecule has 0 aliphatic rings. The zero-order valence-electron chi connectivity index (χ0n) is 12.1. The molecule has 0 spiro atoms. The van der Waals surface area contributed by atoms with Crippen LogP contribution in [-0.2, 0) is 0 Å². The van der Waals surface area contributed by atoms with Gasteiger partial charge in [0.1, 0.15) is 0 Å². The second-order valence-corrected chi connectivity index (χ2v) is 6.39. The van der Waals surface area contributed by atoms with Crippen molar-refractivity contribution in [2.75, 3.05) is 11.9 Å². The SMILES string of the molecule is O=C(NCC(O)c1csc2ccccc12)Nc1ccc(Cl)cc1. The fourth-order valence-electron chi connectivity index (χ4n) is 2.26. The summed E-state index contributed by atoms with van der Waals surface area (Å²) < 4.78 is 1.12. The summed E-state index contributed by atoms with van der Waals surface area (Å²) in [4.78, 5) is 11.9. The Hall–Kier alpha value is -2.08. The van der Waals surface area contributed by atoms with Crippen LogP contribution in [0.5, 0.6) is 0 Å². The normalized spacial score (nSPS) is 12.1. The van der Waals surface area contributed by atoms with Gasteiger partial charge >= 0.3 is 6.03 Å². The Balaban J connectivity index is 1.59. The van der Waals surface area contributed by atoms with E-state index in [0.717, 1.165) is 15.6 Å². The van der Waals surface area contributed by atoms with Crippen molar-refractivity contribution >= 4 is 44.7 Å². The summed E-state index contributed by atoms with van der Waals surface area (Å²) in [5.74, 6) is 0. The van der Waals surface area contributed by atoms with Gasteiger partial charge in [0.25, 0.3) is 0 Å². The molecule has 0 radical (unpaired) electrons. The molecule has 3 N–H and O–H groups in total. The number of hydrogen-bond donors (Lipinski definition) is 3. The highest BCUT2D eigenvalue weighted by atomic mass is 35.5. The minimum absolute atomic E-state index is 0.139. The Morgan fingerprint density at radius 1 is 1.17 bits per heavy atom. The van der Waals surface area contributed by atoms with Crippen LogP contribution in [-0.4, -0.2) is 17.7 Å². The minimum atomic E-state index is -0.748. The summed E-state index contributed by atoms with van der Waals surface area (Å²) in [6.45, 7) is 0.139. The topological polar surface area (TPSA) is 61.4 Å². The first-order chi connectivity index (χ1) is 11.1. The number of hydrogen-bond acceptors (Lipinski definition) is 3. The number of halogens is 1. The highest BCUT2D eigenvalue weighted by Gasteiger charge is 2.14. The molecular weight excluding hydrogens is 332 g/mol. The predicted octanol–water partition coefficient (Wildman–Crippen LogP) is 4.41. The summed E-state index contributed by atoms with van der Waals surface area (Å²) >= 11 is 7.37. The van der Waals surface area contributed by atoms with E-state index in [9.17, 15) is 9.90 Å². The van der Waals surface area contributed by atoms with Crippen molar-refractivity contribution in [3.63, 3.8) is 0 Å². The van der Waals surface area contributed by atoms with Gasteiger partial charge in [0.05, 0.1) is 6.10 Å². The lowest BCUT2D eigenvalue weighted by atomic mass is 10.1. The summed E-state index contributed by atoms with van der Waals surface area (Å²) in [5, 5.41) is 19.2. The second kappa shape index (κ2) is 7.00. The Morgan fingerprint density at radius 2 is 1.91 bits per heavy atom. The average molecular weight is 347 g/mol. The molecule has 3 rings (SSSR count). The fourth-order valence-corrected chi connectivity index (χ4v) is 3.40. The van der Waals surface area contributed by atoms with Crippen LogP contribution in [0.4, 0.5) is 10.5 Å². The van der Waals surface area contributed by atoms with E-state index >= 15 is 0 Å². The summed E-state index contributed by atoms with van der Waals surface area (Å²) in [6, 6.07) is 14.3. The van der Waals surface area contributed by atoms with Crippen LogP contribution >= 0.6 is 22.9 Å². The van der Waals surface area contributed by atoms with Gasteiger partial charge in [-0.3, -0.25) is 0 Å². The number of aliphatic hydroxyl groups excluding tert-OH is 1. The molecule has 23 heavy (non-hydrogen) atoms. The molecule has 3 aromatic rings. The van der Waals surface area contributed by atoms with E-state index in [-0.39, 0.29) is 12.6 Å². The van der Waals surface area contributed by atoms with E-state index in [4.69, 9.17) is 11.6 Å². The van der Waals surface area contributed by atoms with Crippen molar-refractivity contribution in [2.45, 2.75) is 6.10 Å². The third kappa shape index (κ3) is 3.82. The molecule has 2 aromatic carbocycles. The number of nitrogens with one attached hydrogen (secondary N) is 2. The first-order valence-electron chi connectivity index (χ1n) is 7.08. The summed E-state index contributed by atoms with van der Waals surface area (Å²) in [6.07, 6.45) is -0.748. The van der Waals surface area contributed by atoms with Crippen LogP contribution in [0.15, 0.2) is 53.9 Å². The number of carbonyl (C=O) groups excluding carboxylic acids is 1. The molecule has 1 atom stereocenters. The molecule has 2 amide bonds. The molecule has 0 fully saturated rings. The Labute approximate surface area is 142 Å². The number of rotatable bonds is 4. The highest BCUT2D eigenvalue weighted by Crippen LogP contribution is 2.29. The predicted molar refractivity (Wildman–Crippen MR) is 95.3 cm³/mol. The maximum Gasteiger partial charge on any atom is 0.319 e. The molecule has 1 aromatic heterocycles. The monoisotopic (exact) mass is 346 g/mol. The number of thiophene rings is 1. The van der Waals surface area contributed by atoms with Crippen LogP contribution in [0.2, 0.25) is 5.02 Å². The van der Waals surface area contributed by atoms with Crippen molar-refractivity contribution < 1.29 is 9.90 Å². The molecule has 0 saturated carbocycles. The number of urea groups is 1. The molecule has 1 heterocycles. The molecule has 0 saturated heterocycles. The molecule has 0 aliphatic heterocycles. The van der Waals surface area contributed by atoms with E-state index in [1.54, 1.807) is 35.6 Å². The molecule has 118 valence electrons. The molecule has 0 bridgehead atoms.